The van der Waals surface area contributed by atoms with Crippen LogP contribution in [0.15, 0.2) is 71.6 Å². The molecule has 0 saturated heterocycles. The van der Waals surface area contributed by atoms with Crippen molar-refractivity contribution in [2.75, 3.05) is 4.72 Å². The number of anilines is 1. The fourth-order valence-electron chi connectivity index (χ4n) is 3.04. The Bertz CT molecular complexity index is 1010. The lowest BCUT2D eigenvalue weighted by Crippen LogP contribution is -2.27. The van der Waals surface area contributed by atoms with E-state index in [0.717, 1.165) is 0 Å². The van der Waals surface area contributed by atoms with Crippen LogP contribution in [-0.4, -0.2) is 30.6 Å². The third-order valence-electron chi connectivity index (χ3n) is 4.55. The molecule has 2 amide bonds. The molecule has 5 N–H and O–H groups in total. The Balaban J connectivity index is 2.16. The minimum Gasteiger partial charge on any atom is -0.289 e. The standard InChI is InChI=1S/C21H25N3O6S/c25-20(22-27)15-7-2-1-6-13-18(21(26)23-28)17-12-8-9-14-19(17)24-31(29,30)16-10-4-3-5-11-16/h3-5,7-12,14-15,18,24,27-28H,1-2,6,13H2,(H,22,25)(H,23,26)/b15-7+. The predicted molar refractivity (Wildman–Crippen MR) is 114 cm³/mol. The molecule has 0 aliphatic heterocycles. The van der Waals surface area contributed by atoms with E-state index < -0.39 is 27.8 Å². The number of sulfonamides is 1. The SMILES string of the molecule is O=C(/C=C/CCCCC(C(=O)NO)c1ccccc1NS(=O)(=O)c1ccccc1)NO. The molecular formula is C21H25N3O6S. The number of allylic oxidation sites excluding steroid dienone is 1. The van der Waals surface area contributed by atoms with Gasteiger partial charge in [0.2, 0.25) is 0 Å². The summed E-state index contributed by atoms with van der Waals surface area (Å²) in [7, 11) is -3.86. The Labute approximate surface area is 180 Å². The highest BCUT2D eigenvalue weighted by Gasteiger charge is 2.24. The predicted octanol–water partition coefficient (Wildman–Crippen LogP) is 2.70. The molecule has 10 heteroatoms. The zero-order chi connectivity index (χ0) is 22.7. The number of nitrogens with one attached hydrogen (secondary N) is 3. The molecule has 2 rings (SSSR count). The van der Waals surface area contributed by atoms with Gasteiger partial charge in [-0.15, -0.1) is 0 Å². The molecule has 2 aromatic carbocycles. The summed E-state index contributed by atoms with van der Waals surface area (Å²) in [6, 6.07) is 14.4. The molecule has 166 valence electrons. The van der Waals surface area contributed by atoms with Crippen molar-refractivity contribution in [2.24, 2.45) is 0 Å². The van der Waals surface area contributed by atoms with Gasteiger partial charge in [0.25, 0.3) is 21.8 Å². The second-order valence-corrected chi connectivity index (χ2v) is 8.38. The lowest BCUT2D eigenvalue weighted by molar-refractivity contribution is -0.131. The molecule has 0 bridgehead atoms. The van der Waals surface area contributed by atoms with Gasteiger partial charge in [0, 0.05) is 6.08 Å². The fraction of sp³-hybridized carbons (Fsp3) is 0.238. The van der Waals surface area contributed by atoms with Crippen molar-refractivity contribution in [1.29, 1.82) is 0 Å². The minimum atomic E-state index is -3.86. The molecule has 0 aliphatic carbocycles. The number of carbonyl (C=O) groups excluding carboxylic acids is 2. The first kappa shape index (κ1) is 24.1. The largest absolute Gasteiger partial charge is 0.289 e. The number of unbranched alkanes of at least 4 members (excludes halogenated alkanes) is 2. The highest BCUT2D eigenvalue weighted by Crippen LogP contribution is 2.30. The summed E-state index contributed by atoms with van der Waals surface area (Å²) in [5, 5.41) is 17.6. The van der Waals surface area contributed by atoms with Crippen LogP contribution in [0.4, 0.5) is 5.69 Å². The average molecular weight is 448 g/mol. The number of carbonyl (C=O) groups is 2. The Kier molecular flexibility index (Phi) is 9.19. The number of amides is 2. The lowest BCUT2D eigenvalue weighted by Gasteiger charge is -2.19. The summed E-state index contributed by atoms with van der Waals surface area (Å²) in [4.78, 5) is 23.3. The van der Waals surface area contributed by atoms with Crippen molar-refractivity contribution in [3.05, 3.63) is 72.3 Å². The van der Waals surface area contributed by atoms with Crippen LogP contribution in [0.5, 0.6) is 0 Å². The Morgan fingerprint density at radius 3 is 2.29 bits per heavy atom. The number of hydroxylamine groups is 2. The van der Waals surface area contributed by atoms with E-state index in [1.165, 1.54) is 23.7 Å². The van der Waals surface area contributed by atoms with E-state index in [1.807, 2.05) is 0 Å². The van der Waals surface area contributed by atoms with Crippen molar-refractivity contribution in [3.63, 3.8) is 0 Å². The zero-order valence-electron chi connectivity index (χ0n) is 16.7. The maximum absolute atomic E-state index is 12.7. The molecule has 0 spiro atoms. The highest BCUT2D eigenvalue weighted by atomic mass is 32.2. The molecule has 1 atom stereocenters. The Morgan fingerprint density at radius 1 is 0.935 bits per heavy atom. The molecule has 0 heterocycles. The number of para-hydroxylation sites is 1. The maximum Gasteiger partial charge on any atom is 0.267 e. The molecule has 2 aromatic rings. The highest BCUT2D eigenvalue weighted by molar-refractivity contribution is 7.92. The Morgan fingerprint density at radius 2 is 1.61 bits per heavy atom. The van der Waals surface area contributed by atoms with Crippen molar-refractivity contribution in [3.8, 4) is 0 Å². The quantitative estimate of drug-likeness (QED) is 0.155. The fourth-order valence-corrected chi connectivity index (χ4v) is 4.15. The summed E-state index contributed by atoms with van der Waals surface area (Å²) in [5.74, 6) is -2.07. The third-order valence-corrected chi connectivity index (χ3v) is 5.94. The lowest BCUT2D eigenvalue weighted by atomic mass is 9.91. The smallest absolute Gasteiger partial charge is 0.267 e. The van der Waals surface area contributed by atoms with Gasteiger partial charge < -0.3 is 0 Å². The summed E-state index contributed by atoms with van der Waals surface area (Å²) >= 11 is 0. The van der Waals surface area contributed by atoms with Crippen LogP contribution in [0.1, 0.15) is 37.2 Å². The van der Waals surface area contributed by atoms with Crippen LogP contribution in [-0.2, 0) is 19.6 Å². The van der Waals surface area contributed by atoms with E-state index in [9.17, 15) is 23.2 Å². The van der Waals surface area contributed by atoms with Gasteiger partial charge in [-0.05, 0) is 43.0 Å². The molecule has 0 radical (unpaired) electrons. The monoisotopic (exact) mass is 447 g/mol. The van der Waals surface area contributed by atoms with Crippen molar-refractivity contribution in [1.82, 2.24) is 11.0 Å². The van der Waals surface area contributed by atoms with E-state index in [2.05, 4.69) is 4.72 Å². The van der Waals surface area contributed by atoms with Crippen molar-refractivity contribution < 1.29 is 28.4 Å². The normalized spacial score (nSPS) is 12.3. The van der Waals surface area contributed by atoms with E-state index in [4.69, 9.17) is 5.21 Å². The van der Waals surface area contributed by atoms with Gasteiger partial charge in [-0.3, -0.25) is 24.7 Å². The number of hydrogen-bond acceptors (Lipinski definition) is 6. The number of hydrogen-bond donors (Lipinski definition) is 5. The van der Waals surface area contributed by atoms with Crippen LogP contribution in [0.2, 0.25) is 0 Å². The molecule has 9 nitrogen and oxygen atoms in total. The van der Waals surface area contributed by atoms with Gasteiger partial charge in [-0.1, -0.05) is 48.9 Å². The second-order valence-electron chi connectivity index (χ2n) is 6.70. The van der Waals surface area contributed by atoms with E-state index in [1.54, 1.807) is 54.0 Å². The summed E-state index contributed by atoms with van der Waals surface area (Å²) < 4.78 is 27.9. The van der Waals surface area contributed by atoms with Crippen LogP contribution in [0.3, 0.4) is 0 Å². The van der Waals surface area contributed by atoms with Crippen LogP contribution in [0.25, 0.3) is 0 Å². The van der Waals surface area contributed by atoms with Crippen molar-refractivity contribution >= 4 is 27.5 Å². The number of rotatable bonds is 11. The summed E-state index contributed by atoms with van der Waals surface area (Å²) in [5.41, 5.74) is 3.82. The molecule has 0 fully saturated rings. The van der Waals surface area contributed by atoms with Gasteiger partial charge in [-0.25, -0.2) is 19.4 Å². The minimum absolute atomic E-state index is 0.0895. The molecular weight excluding hydrogens is 422 g/mol. The van der Waals surface area contributed by atoms with Crippen molar-refractivity contribution in [2.45, 2.75) is 36.5 Å². The molecule has 0 aromatic heterocycles. The van der Waals surface area contributed by atoms with Gasteiger partial charge >= 0.3 is 0 Å². The van der Waals surface area contributed by atoms with Crippen LogP contribution >= 0.6 is 0 Å². The topological polar surface area (TPSA) is 145 Å². The average Bonchev–Trinajstić information content (AvgIpc) is 2.79. The summed E-state index contributed by atoms with van der Waals surface area (Å²) in [6.07, 6.45) is 4.89. The first-order chi connectivity index (χ1) is 14.9. The molecule has 31 heavy (non-hydrogen) atoms. The summed E-state index contributed by atoms with van der Waals surface area (Å²) in [6.45, 7) is 0. The second kappa shape index (κ2) is 11.8. The van der Waals surface area contributed by atoms with Crippen LogP contribution < -0.4 is 15.7 Å². The van der Waals surface area contributed by atoms with Gasteiger partial charge in [0.1, 0.15) is 0 Å². The molecule has 1 unspecified atom stereocenters. The first-order valence-corrected chi connectivity index (χ1v) is 11.1. The van der Waals surface area contributed by atoms with Gasteiger partial charge in [0.15, 0.2) is 0 Å². The Hall–Kier alpha value is -3.21. The zero-order valence-corrected chi connectivity index (χ0v) is 17.5. The van der Waals surface area contributed by atoms with Gasteiger partial charge in [-0.2, -0.15) is 0 Å². The third kappa shape index (κ3) is 7.21. The first-order valence-electron chi connectivity index (χ1n) is 9.60. The van der Waals surface area contributed by atoms with Gasteiger partial charge in [0.05, 0.1) is 16.5 Å². The van der Waals surface area contributed by atoms with E-state index in [0.29, 0.717) is 31.2 Å². The molecule has 0 saturated carbocycles. The van der Waals surface area contributed by atoms with Crippen LogP contribution in [0, 0.1) is 0 Å². The number of benzene rings is 2. The van der Waals surface area contributed by atoms with E-state index >= 15 is 0 Å². The molecule has 0 aliphatic rings. The maximum atomic E-state index is 12.7. The van der Waals surface area contributed by atoms with E-state index in [-0.39, 0.29) is 10.6 Å².